The van der Waals surface area contributed by atoms with E-state index in [1.54, 1.807) is 0 Å². The Kier molecular flexibility index (Phi) is 18.1. The molecule has 5 atom stereocenters. The number of amides is 5. The Hall–Kier alpha value is -5.38. The SMILES string of the molecule is NCCCC[C@H](NC(=O)[C@H](CC(=O)O)NC(=O)[C@H](CC(=O)O)NC(=O)[C@H](CC(=O)O)NC(=O)[C@H](CC(=O)O)NC(=O)CN)C(=O)O. The topological polar surface area (TPSA) is 384 Å². The molecule has 0 aromatic carbocycles. The van der Waals surface area contributed by atoms with E-state index in [9.17, 15) is 68.4 Å². The minimum absolute atomic E-state index is 0.108. The molecule has 22 nitrogen and oxygen atoms in total. The zero-order valence-corrected chi connectivity index (χ0v) is 24.2. The molecule has 0 heterocycles. The number of carboxylic acids is 5. The summed E-state index contributed by atoms with van der Waals surface area (Å²) in [7, 11) is 0. The molecule has 0 saturated carbocycles. The van der Waals surface area contributed by atoms with Crippen LogP contribution in [0.25, 0.3) is 0 Å². The van der Waals surface area contributed by atoms with Crippen LogP contribution in [-0.2, 0) is 47.9 Å². The van der Waals surface area contributed by atoms with E-state index in [0.29, 0.717) is 6.42 Å². The van der Waals surface area contributed by atoms with Crippen molar-refractivity contribution in [1.82, 2.24) is 26.6 Å². The standard InChI is InChI=1S/C24H37N7O15/c25-4-2-1-3-10(24(45)46)28-21(42)12(6-17(35)36)30-23(44)14(8-19(39)40)31-22(43)13(7-18(37)38)29-20(41)11(5-16(33)34)27-15(32)9-26/h10-14H,1-9,25-26H2,(H,27,32)(H,28,42)(H,29,41)(H,30,44)(H,31,43)(H,33,34)(H,35,36)(H,37,38)(H,39,40)(H,45,46)/t10-,11-,12-,13-,14-/m0/s1. The summed E-state index contributed by atoms with van der Waals surface area (Å²) in [6, 6.07) is -9.53. The van der Waals surface area contributed by atoms with Crippen molar-refractivity contribution in [1.29, 1.82) is 0 Å². The van der Waals surface area contributed by atoms with Crippen LogP contribution in [-0.4, -0.2) is 128 Å². The zero-order chi connectivity index (χ0) is 35.6. The molecule has 46 heavy (non-hydrogen) atoms. The van der Waals surface area contributed by atoms with Crippen molar-refractivity contribution in [2.24, 2.45) is 11.5 Å². The van der Waals surface area contributed by atoms with E-state index in [0.717, 1.165) is 0 Å². The predicted molar refractivity (Wildman–Crippen MR) is 148 cm³/mol. The summed E-state index contributed by atoms with van der Waals surface area (Å²) in [6.07, 6.45) is -3.97. The van der Waals surface area contributed by atoms with Crippen LogP contribution < -0.4 is 38.1 Å². The number of hydrogen-bond donors (Lipinski definition) is 12. The molecule has 0 spiro atoms. The number of carbonyl (C=O) groups is 10. The van der Waals surface area contributed by atoms with E-state index in [1.165, 1.54) is 0 Å². The van der Waals surface area contributed by atoms with E-state index < -0.39 is 122 Å². The second-order valence-electron chi connectivity index (χ2n) is 9.58. The monoisotopic (exact) mass is 663 g/mol. The van der Waals surface area contributed by atoms with Crippen LogP contribution in [0.1, 0.15) is 44.9 Å². The number of aliphatic carboxylic acids is 5. The lowest BCUT2D eigenvalue weighted by atomic mass is 10.1. The van der Waals surface area contributed by atoms with Crippen molar-refractivity contribution in [3.05, 3.63) is 0 Å². The molecule has 258 valence electrons. The lowest BCUT2D eigenvalue weighted by Crippen LogP contribution is -2.59. The van der Waals surface area contributed by atoms with Gasteiger partial charge in [-0.15, -0.1) is 0 Å². The maximum Gasteiger partial charge on any atom is 0.326 e. The van der Waals surface area contributed by atoms with Gasteiger partial charge in [0.2, 0.25) is 29.5 Å². The van der Waals surface area contributed by atoms with Crippen molar-refractivity contribution in [2.45, 2.75) is 75.2 Å². The number of carbonyl (C=O) groups excluding carboxylic acids is 5. The number of carboxylic acid groups (broad SMARTS) is 5. The number of rotatable bonds is 23. The number of unbranched alkanes of at least 4 members (excludes halogenated alkanes) is 1. The summed E-state index contributed by atoms with van der Waals surface area (Å²) in [5, 5.41) is 55.8. The predicted octanol–water partition coefficient (Wildman–Crippen LogP) is -5.52. The highest BCUT2D eigenvalue weighted by Gasteiger charge is 2.35. The van der Waals surface area contributed by atoms with E-state index in [-0.39, 0.29) is 19.4 Å². The molecule has 0 aromatic heterocycles. The summed E-state index contributed by atoms with van der Waals surface area (Å²) in [5.74, 6) is -14.7. The van der Waals surface area contributed by atoms with Crippen molar-refractivity contribution in [2.75, 3.05) is 13.1 Å². The maximum atomic E-state index is 13.0. The van der Waals surface area contributed by atoms with E-state index in [1.807, 2.05) is 21.3 Å². The van der Waals surface area contributed by atoms with Gasteiger partial charge in [-0.05, 0) is 25.8 Å². The van der Waals surface area contributed by atoms with Crippen LogP contribution in [0.3, 0.4) is 0 Å². The molecule has 5 amide bonds. The van der Waals surface area contributed by atoms with Crippen LogP contribution >= 0.6 is 0 Å². The Balaban J connectivity index is 6.06. The average molecular weight is 664 g/mol. The highest BCUT2D eigenvalue weighted by molar-refractivity contribution is 5.99. The van der Waals surface area contributed by atoms with Gasteiger partial charge < -0.3 is 63.6 Å². The molecule has 0 bridgehead atoms. The minimum Gasteiger partial charge on any atom is -0.481 e. The van der Waals surface area contributed by atoms with Gasteiger partial charge in [0, 0.05) is 0 Å². The first-order valence-electron chi connectivity index (χ1n) is 13.4. The first-order chi connectivity index (χ1) is 21.4. The molecule has 0 radical (unpaired) electrons. The van der Waals surface area contributed by atoms with Crippen LogP contribution in [0.2, 0.25) is 0 Å². The maximum absolute atomic E-state index is 13.0. The first-order valence-corrected chi connectivity index (χ1v) is 13.4. The molecular formula is C24H37N7O15. The molecule has 0 unspecified atom stereocenters. The Labute approximate surface area is 259 Å². The second-order valence-corrected chi connectivity index (χ2v) is 9.58. The van der Waals surface area contributed by atoms with Crippen LogP contribution in [0.5, 0.6) is 0 Å². The lowest BCUT2D eigenvalue weighted by Gasteiger charge is -2.25. The molecule has 0 aliphatic rings. The van der Waals surface area contributed by atoms with E-state index in [4.69, 9.17) is 16.6 Å². The fourth-order valence-electron chi connectivity index (χ4n) is 3.63. The summed E-state index contributed by atoms with van der Waals surface area (Å²) < 4.78 is 0. The summed E-state index contributed by atoms with van der Waals surface area (Å²) in [6.45, 7) is -0.444. The third kappa shape index (κ3) is 16.5. The van der Waals surface area contributed by atoms with Gasteiger partial charge in [0.15, 0.2) is 0 Å². The molecule has 0 aliphatic carbocycles. The second kappa shape index (κ2) is 20.6. The van der Waals surface area contributed by atoms with Crippen molar-refractivity contribution in [3.63, 3.8) is 0 Å². The zero-order valence-electron chi connectivity index (χ0n) is 24.2. The van der Waals surface area contributed by atoms with Crippen molar-refractivity contribution in [3.8, 4) is 0 Å². The molecule has 0 aromatic rings. The van der Waals surface area contributed by atoms with Crippen molar-refractivity contribution >= 4 is 59.4 Å². The molecule has 0 rings (SSSR count). The van der Waals surface area contributed by atoms with Gasteiger partial charge in [-0.25, -0.2) is 4.79 Å². The van der Waals surface area contributed by atoms with Gasteiger partial charge in [-0.2, -0.15) is 0 Å². The highest BCUT2D eigenvalue weighted by Crippen LogP contribution is 2.05. The minimum atomic E-state index is -2.12. The van der Waals surface area contributed by atoms with Gasteiger partial charge in [-0.3, -0.25) is 43.2 Å². The quantitative estimate of drug-likeness (QED) is 0.0453. The number of hydrogen-bond acceptors (Lipinski definition) is 12. The van der Waals surface area contributed by atoms with Crippen LogP contribution in [0.4, 0.5) is 0 Å². The lowest BCUT2D eigenvalue weighted by molar-refractivity contribution is -0.145. The molecule has 0 saturated heterocycles. The molecule has 14 N–H and O–H groups in total. The Morgan fingerprint density at radius 2 is 0.761 bits per heavy atom. The van der Waals surface area contributed by atoms with Gasteiger partial charge in [0.05, 0.1) is 32.2 Å². The fourth-order valence-corrected chi connectivity index (χ4v) is 3.63. The largest absolute Gasteiger partial charge is 0.481 e. The van der Waals surface area contributed by atoms with Gasteiger partial charge in [0.1, 0.15) is 30.2 Å². The third-order valence-electron chi connectivity index (χ3n) is 5.81. The van der Waals surface area contributed by atoms with E-state index in [2.05, 4.69) is 5.32 Å². The highest BCUT2D eigenvalue weighted by atomic mass is 16.4. The Bertz CT molecular complexity index is 1180. The third-order valence-corrected chi connectivity index (χ3v) is 5.81. The van der Waals surface area contributed by atoms with Crippen LogP contribution in [0.15, 0.2) is 0 Å². The van der Waals surface area contributed by atoms with Crippen molar-refractivity contribution < 1.29 is 73.5 Å². The average Bonchev–Trinajstić information content (AvgIpc) is 2.93. The first kappa shape index (κ1) is 40.6. The Morgan fingerprint density at radius 1 is 0.457 bits per heavy atom. The molecule has 0 fully saturated rings. The normalized spacial score (nSPS) is 13.8. The van der Waals surface area contributed by atoms with E-state index >= 15 is 0 Å². The smallest absolute Gasteiger partial charge is 0.326 e. The number of nitrogens with one attached hydrogen (secondary N) is 5. The Morgan fingerprint density at radius 3 is 1.02 bits per heavy atom. The fraction of sp³-hybridized carbons (Fsp3) is 0.583. The van der Waals surface area contributed by atoms with Crippen LogP contribution in [0, 0.1) is 0 Å². The number of nitrogens with two attached hydrogens (primary N) is 2. The molecular weight excluding hydrogens is 626 g/mol. The summed E-state index contributed by atoms with van der Waals surface area (Å²) >= 11 is 0. The summed E-state index contributed by atoms with van der Waals surface area (Å²) in [5.41, 5.74) is 10.5. The summed E-state index contributed by atoms with van der Waals surface area (Å²) in [4.78, 5) is 120. The molecule has 0 aliphatic heterocycles. The molecule has 22 heteroatoms. The van der Waals surface area contributed by atoms with Gasteiger partial charge >= 0.3 is 29.8 Å². The van der Waals surface area contributed by atoms with Gasteiger partial charge in [-0.1, -0.05) is 0 Å². The van der Waals surface area contributed by atoms with Gasteiger partial charge in [0.25, 0.3) is 0 Å².